The summed E-state index contributed by atoms with van der Waals surface area (Å²) in [5.74, 6) is 0.0595. The first-order valence-corrected chi connectivity index (χ1v) is 7.47. The highest BCUT2D eigenvalue weighted by Gasteiger charge is 2.43. The summed E-state index contributed by atoms with van der Waals surface area (Å²) < 4.78 is 5.83. The number of carbonyl (C=O) groups excluding carboxylic acids is 1. The van der Waals surface area contributed by atoms with Crippen molar-refractivity contribution in [2.75, 3.05) is 7.11 Å². The number of benzene rings is 1. The molecule has 0 radical (unpaired) electrons. The Morgan fingerprint density at radius 3 is 2.47 bits per heavy atom. The van der Waals surface area contributed by atoms with Gasteiger partial charge in [0.2, 0.25) is 0 Å². The minimum atomic E-state index is -0.799. The van der Waals surface area contributed by atoms with E-state index in [1.165, 1.54) is 12.7 Å². The molecule has 0 spiro atoms. The van der Waals surface area contributed by atoms with Crippen molar-refractivity contribution in [3.8, 4) is 0 Å². The highest BCUT2D eigenvalue weighted by molar-refractivity contribution is 9.10. The number of rotatable bonds is 2. The van der Waals surface area contributed by atoms with Crippen LogP contribution in [0.2, 0.25) is 0 Å². The molecule has 3 nitrogen and oxygen atoms in total. The van der Waals surface area contributed by atoms with E-state index in [4.69, 9.17) is 10.5 Å². The molecule has 1 fully saturated rings. The van der Waals surface area contributed by atoms with Crippen molar-refractivity contribution in [1.82, 2.24) is 0 Å². The molecule has 0 heterocycles. The summed E-state index contributed by atoms with van der Waals surface area (Å²) in [6.07, 6.45) is 2.30. The lowest BCUT2D eigenvalue weighted by Gasteiger charge is -2.20. The van der Waals surface area contributed by atoms with Crippen molar-refractivity contribution in [2.24, 2.45) is 5.73 Å². The summed E-state index contributed by atoms with van der Waals surface area (Å²) in [4.78, 5) is 11.6. The van der Waals surface area contributed by atoms with Crippen LogP contribution in [-0.2, 0) is 9.53 Å². The lowest BCUT2D eigenvalue weighted by molar-refractivity contribution is -0.146. The maximum absolute atomic E-state index is 11.6. The highest BCUT2D eigenvalue weighted by atomic mass is 79.9. The van der Waals surface area contributed by atoms with Crippen LogP contribution in [0.3, 0.4) is 0 Å². The van der Waals surface area contributed by atoms with E-state index in [1.54, 1.807) is 0 Å². The van der Waals surface area contributed by atoms with Gasteiger partial charge in [0.1, 0.15) is 5.54 Å². The summed E-state index contributed by atoms with van der Waals surface area (Å²) in [6.45, 7) is 4.00. The van der Waals surface area contributed by atoms with Crippen LogP contribution in [0.1, 0.15) is 44.6 Å². The Balaban J connectivity index is 0.000000861. The fourth-order valence-corrected chi connectivity index (χ4v) is 2.75. The third-order valence-corrected chi connectivity index (χ3v) is 4.01. The summed E-state index contributed by atoms with van der Waals surface area (Å²) in [7, 11) is 1.39. The van der Waals surface area contributed by atoms with E-state index in [9.17, 15) is 4.79 Å². The van der Waals surface area contributed by atoms with E-state index in [0.29, 0.717) is 18.8 Å². The van der Waals surface area contributed by atoms with Crippen molar-refractivity contribution in [3.05, 3.63) is 34.3 Å². The number of ether oxygens (including phenoxy) is 1. The molecule has 2 unspecified atom stereocenters. The van der Waals surface area contributed by atoms with Gasteiger partial charge in [-0.2, -0.15) is 0 Å². The molecular formula is C15H22BrNO2. The van der Waals surface area contributed by atoms with Crippen LogP contribution in [0.15, 0.2) is 28.7 Å². The minimum Gasteiger partial charge on any atom is -0.468 e. The Labute approximate surface area is 123 Å². The van der Waals surface area contributed by atoms with Crippen LogP contribution in [0, 0.1) is 0 Å². The van der Waals surface area contributed by atoms with Gasteiger partial charge >= 0.3 is 5.97 Å². The Morgan fingerprint density at radius 1 is 1.37 bits per heavy atom. The molecule has 0 aromatic heterocycles. The number of hydrogen-bond donors (Lipinski definition) is 1. The first-order valence-electron chi connectivity index (χ1n) is 6.68. The molecule has 0 amide bonds. The Hall–Kier alpha value is -0.870. The molecule has 0 bridgehead atoms. The molecule has 1 aromatic carbocycles. The first kappa shape index (κ1) is 16.2. The smallest absolute Gasteiger partial charge is 0.325 e. The number of esters is 1. The highest BCUT2D eigenvalue weighted by Crippen LogP contribution is 2.40. The van der Waals surface area contributed by atoms with Crippen LogP contribution < -0.4 is 5.73 Å². The van der Waals surface area contributed by atoms with Gasteiger partial charge < -0.3 is 10.5 Å². The second kappa shape index (κ2) is 7.06. The van der Waals surface area contributed by atoms with Gasteiger partial charge in [-0.1, -0.05) is 41.9 Å². The third kappa shape index (κ3) is 3.80. The van der Waals surface area contributed by atoms with Gasteiger partial charge in [0, 0.05) is 4.47 Å². The van der Waals surface area contributed by atoms with E-state index in [0.717, 1.165) is 10.9 Å². The zero-order chi connectivity index (χ0) is 14.5. The van der Waals surface area contributed by atoms with E-state index in [2.05, 4.69) is 28.1 Å². The van der Waals surface area contributed by atoms with E-state index < -0.39 is 5.54 Å². The quantitative estimate of drug-likeness (QED) is 0.844. The maximum Gasteiger partial charge on any atom is 0.325 e. The number of halogens is 1. The predicted octanol–water partition coefficient (Wildman–Crippen LogP) is 3.61. The summed E-state index contributed by atoms with van der Waals surface area (Å²) >= 11 is 3.41. The summed E-state index contributed by atoms with van der Waals surface area (Å²) in [5.41, 5.74) is 6.53. The van der Waals surface area contributed by atoms with Crippen LogP contribution in [0.4, 0.5) is 0 Å². The molecule has 1 saturated carbocycles. The van der Waals surface area contributed by atoms with Crippen molar-refractivity contribution in [2.45, 2.75) is 44.6 Å². The number of hydrogen-bond acceptors (Lipinski definition) is 3. The summed E-state index contributed by atoms with van der Waals surface area (Å²) in [5, 5.41) is 0. The van der Waals surface area contributed by atoms with Crippen LogP contribution in [0.25, 0.3) is 0 Å². The predicted molar refractivity (Wildman–Crippen MR) is 81.0 cm³/mol. The normalized spacial score (nSPS) is 25.4. The molecule has 0 aliphatic heterocycles. The molecule has 2 N–H and O–H groups in total. The lowest BCUT2D eigenvalue weighted by Crippen LogP contribution is -2.46. The van der Waals surface area contributed by atoms with Crippen LogP contribution >= 0.6 is 15.9 Å². The van der Waals surface area contributed by atoms with Gasteiger partial charge in [0.05, 0.1) is 7.11 Å². The van der Waals surface area contributed by atoms with Crippen molar-refractivity contribution < 1.29 is 9.53 Å². The molecule has 1 aliphatic carbocycles. The standard InChI is InChI=1S/C13H16BrNO2.C2H6/c1-17-12(16)13(15)7-6-10(8-13)9-2-4-11(14)5-3-9;1-2/h2-5,10H,6-8,15H2,1H3;1-2H3. The average Bonchev–Trinajstić information content (AvgIpc) is 2.85. The van der Waals surface area contributed by atoms with Crippen molar-refractivity contribution in [3.63, 3.8) is 0 Å². The van der Waals surface area contributed by atoms with E-state index in [-0.39, 0.29) is 5.97 Å². The Morgan fingerprint density at radius 2 is 1.95 bits per heavy atom. The molecular weight excluding hydrogens is 306 g/mol. The van der Waals surface area contributed by atoms with Gasteiger partial charge in [0.25, 0.3) is 0 Å². The van der Waals surface area contributed by atoms with Crippen molar-refractivity contribution >= 4 is 21.9 Å². The molecule has 4 heteroatoms. The molecule has 1 aromatic rings. The molecule has 2 atom stereocenters. The average molecular weight is 328 g/mol. The molecule has 106 valence electrons. The van der Waals surface area contributed by atoms with E-state index in [1.807, 2.05) is 26.0 Å². The Bertz CT molecular complexity index is 419. The molecule has 0 saturated heterocycles. The molecule has 1 aliphatic rings. The van der Waals surface area contributed by atoms with Gasteiger partial charge in [-0.3, -0.25) is 4.79 Å². The second-order valence-electron chi connectivity index (χ2n) is 4.64. The largest absolute Gasteiger partial charge is 0.468 e. The van der Waals surface area contributed by atoms with Gasteiger partial charge in [-0.15, -0.1) is 0 Å². The summed E-state index contributed by atoms with van der Waals surface area (Å²) in [6, 6.07) is 8.20. The zero-order valence-corrected chi connectivity index (χ0v) is 13.4. The fraction of sp³-hybridized carbons (Fsp3) is 0.533. The monoisotopic (exact) mass is 327 g/mol. The van der Waals surface area contributed by atoms with Crippen molar-refractivity contribution in [1.29, 1.82) is 0 Å². The lowest BCUT2D eigenvalue weighted by atomic mass is 9.93. The maximum atomic E-state index is 11.6. The zero-order valence-electron chi connectivity index (χ0n) is 11.8. The number of carbonyl (C=O) groups is 1. The van der Waals surface area contributed by atoms with E-state index >= 15 is 0 Å². The number of nitrogens with two attached hydrogens (primary N) is 1. The van der Waals surface area contributed by atoms with Crippen LogP contribution in [-0.4, -0.2) is 18.6 Å². The SMILES string of the molecule is CC.COC(=O)C1(N)CCC(c2ccc(Br)cc2)C1. The van der Waals surface area contributed by atoms with Gasteiger partial charge in [-0.25, -0.2) is 0 Å². The topological polar surface area (TPSA) is 52.3 Å². The fourth-order valence-electron chi connectivity index (χ4n) is 2.48. The van der Waals surface area contributed by atoms with Gasteiger partial charge in [0.15, 0.2) is 0 Å². The molecule has 2 rings (SSSR count). The van der Waals surface area contributed by atoms with Crippen LogP contribution in [0.5, 0.6) is 0 Å². The van der Waals surface area contributed by atoms with Gasteiger partial charge in [-0.05, 0) is 42.9 Å². The first-order chi connectivity index (χ1) is 9.05. The molecule has 19 heavy (non-hydrogen) atoms. The minimum absolute atomic E-state index is 0.294. The third-order valence-electron chi connectivity index (χ3n) is 3.48. The Kier molecular flexibility index (Phi) is 6.01. The second-order valence-corrected chi connectivity index (χ2v) is 5.55. The number of methoxy groups -OCH3 is 1.